The second-order valence-corrected chi connectivity index (χ2v) is 4.13. The highest BCUT2D eigenvalue weighted by Crippen LogP contribution is 2.09. The molecule has 1 atom stereocenters. The molecule has 2 N–H and O–H groups in total. The van der Waals surface area contributed by atoms with Gasteiger partial charge in [-0.2, -0.15) is 0 Å². The second kappa shape index (κ2) is 8.52. The Kier molecular flexibility index (Phi) is 8.46. The van der Waals surface area contributed by atoms with Crippen LogP contribution in [0.15, 0.2) is 0 Å². The zero-order valence-corrected chi connectivity index (χ0v) is 9.55. The van der Waals surface area contributed by atoms with Gasteiger partial charge in [-0.3, -0.25) is 0 Å². The van der Waals surface area contributed by atoms with Crippen LogP contribution in [-0.2, 0) is 0 Å². The Morgan fingerprint density at radius 2 is 1.92 bits per heavy atom. The molecule has 0 rings (SSSR count). The van der Waals surface area contributed by atoms with Crippen molar-refractivity contribution in [3.8, 4) is 0 Å². The standard InChI is InChI=1S/C11H26N2/c1-4-9-13(3)10-5-6-11(2)7-8-12/h11H,4-10,12H2,1-3H3. The van der Waals surface area contributed by atoms with Crippen molar-refractivity contribution in [2.45, 2.75) is 39.5 Å². The number of hydrogen-bond donors (Lipinski definition) is 1. The predicted molar refractivity (Wildman–Crippen MR) is 59.9 cm³/mol. The fourth-order valence-corrected chi connectivity index (χ4v) is 1.63. The molecule has 0 saturated carbocycles. The number of rotatable bonds is 8. The first-order valence-electron chi connectivity index (χ1n) is 5.59. The normalized spacial score (nSPS) is 13.6. The summed E-state index contributed by atoms with van der Waals surface area (Å²) in [6, 6.07) is 0. The summed E-state index contributed by atoms with van der Waals surface area (Å²) >= 11 is 0. The maximum absolute atomic E-state index is 5.50. The predicted octanol–water partition coefficient (Wildman–Crippen LogP) is 2.09. The van der Waals surface area contributed by atoms with Gasteiger partial charge < -0.3 is 10.6 Å². The van der Waals surface area contributed by atoms with E-state index in [2.05, 4.69) is 25.8 Å². The minimum Gasteiger partial charge on any atom is -0.330 e. The van der Waals surface area contributed by atoms with Crippen LogP contribution in [0.5, 0.6) is 0 Å². The molecule has 2 nitrogen and oxygen atoms in total. The molecule has 80 valence electrons. The fraction of sp³-hybridized carbons (Fsp3) is 1.00. The van der Waals surface area contributed by atoms with Crippen molar-refractivity contribution in [2.24, 2.45) is 11.7 Å². The van der Waals surface area contributed by atoms with Crippen LogP contribution in [0, 0.1) is 5.92 Å². The van der Waals surface area contributed by atoms with Gasteiger partial charge in [-0.1, -0.05) is 13.8 Å². The van der Waals surface area contributed by atoms with Crippen molar-refractivity contribution in [1.82, 2.24) is 4.90 Å². The van der Waals surface area contributed by atoms with Gasteiger partial charge in [0.25, 0.3) is 0 Å². The molecule has 0 aromatic rings. The maximum atomic E-state index is 5.50. The number of nitrogens with zero attached hydrogens (tertiary/aromatic N) is 1. The first-order chi connectivity index (χ1) is 6.20. The van der Waals surface area contributed by atoms with Crippen LogP contribution in [-0.4, -0.2) is 31.6 Å². The van der Waals surface area contributed by atoms with Crippen molar-refractivity contribution in [1.29, 1.82) is 0 Å². The average Bonchev–Trinajstić information content (AvgIpc) is 2.05. The highest BCUT2D eigenvalue weighted by molar-refractivity contribution is 4.56. The van der Waals surface area contributed by atoms with Crippen LogP contribution >= 0.6 is 0 Å². The smallest absolute Gasteiger partial charge is 0.00217 e. The first kappa shape index (κ1) is 12.9. The molecule has 0 aliphatic heterocycles. The molecule has 0 aliphatic carbocycles. The molecular formula is C11H26N2. The van der Waals surface area contributed by atoms with E-state index in [0.29, 0.717) is 0 Å². The Bertz CT molecular complexity index is 92.3. The van der Waals surface area contributed by atoms with Gasteiger partial charge in [0.2, 0.25) is 0 Å². The molecule has 0 aromatic heterocycles. The van der Waals surface area contributed by atoms with Crippen molar-refractivity contribution in [3.63, 3.8) is 0 Å². The quantitative estimate of drug-likeness (QED) is 0.629. The van der Waals surface area contributed by atoms with Crippen LogP contribution in [0.2, 0.25) is 0 Å². The van der Waals surface area contributed by atoms with E-state index in [1.807, 2.05) is 0 Å². The largest absolute Gasteiger partial charge is 0.330 e. The van der Waals surface area contributed by atoms with E-state index in [1.165, 1.54) is 38.8 Å². The van der Waals surface area contributed by atoms with Crippen LogP contribution in [0.1, 0.15) is 39.5 Å². The maximum Gasteiger partial charge on any atom is -0.00217 e. The van der Waals surface area contributed by atoms with Gasteiger partial charge in [-0.05, 0) is 58.3 Å². The summed E-state index contributed by atoms with van der Waals surface area (Å²) in [5.74, 6) is 0.806. The van der Waals surface area contributed by atoms with Crippen molar-refractivity contribution < 1.29 is 0 Å². The zero-order chi connectivity index (χ0) is 10.1. The lowest BCUT2D eigenvalue weighted by Gasteiger charge is -2.16. The minimum atomic E-state index is 0.806. The van der Waals surface area contributed by atoms with E-state index in [-0.39, 0.29) is 0 Å². The van der Waals surface area contributed by atoms with E-state index in [0.717, 1.165) is 12.5 Å². The summed E-state index contributed by atoms with van der Waals surface area (Å²) < 4.78 is 0. The molecule has 0 bridgehead atoms. The summed E-state index contributed by atoms with van der Waals surface area (Å²) in [6.45, 7) is 7.83. The fourth-order valence-electron chi connectivity index (χ4n) is 1.63. The number of nitrogens with two attached hydrogens (primary N) is 1. The van der Waals surface area contributed by atoms with Crippen LogP contribution < -0.4 is 5.73 Å². The van der Waals surface area contributed by atoms with Crippen LogP contribution in [0.25, 0.3) is 0 Å². The van der Waals surface area contributed by atoms with Crippen molar-refractivity contribution >= 4 is 0 Å². The summed E-state index contributed by atoms with van der Waals surface area (Å²) in [5.41, 5.74) is 5.50. The zero-order valence-electron chi connectivity index (χ0n) is 9.55. The SMILES string of the molecule is CCCN(C)CCCC(C)CCN. The Hall–Kier alpha value is -0.0800. The molecule has 0 fully saturated rings. The summed E-state index contributed by atoms with van der Waals surface area (Å²) in [5, 5.41) is 0. The van der Waals surface area contributed by atoms with E-state index in [1.54, 1.807) is 0 Å². The van der Waals surface area contributed by atoms with Gasteiger partial charge in [0.15, 0.2) is 0 Å². The Labute approximate surface area is 83.5 Å². The Balaban J connectivity index is 3.23. The Morgan fingerprint density at radius 1 is 1.23 bits per heavy atom. The van der Waals surface area contributed by atoms with Gasteiger partial charge in [0.1, 0.15) is 0 Å². The molecular weight excluding hydrogens is 160 g/mol. The molecule has 0 heterocycles. The molecule has 0 spiro atoms. The van der Waals surface area contributed by atoms with Gasteiger partial charge in [0.05, 0.1) is 0 Å². The molecule has 1 unspecified atom stereocenters. The Morgan fingerprint density at radius 3 is 2.46 bits per heavy atom. The lowest BCUT2D eigenvalue weighted by atomic mass is 10.0. The van der Waals surface area contributed by atoms with Crippen LogP contribution in [0.4, 0.5) is 0 Å². The molecule has 0 saturated heterocycles. The summed E-state index contributed by atoms with van der Waals surface area (Å²) in [6.07, 6.45) is 5.08. The van der Waals surface area contributed by atoms with Gasteiger partial charge in [-0.15, -0.1) is 0 Å². The third kappa shape index (κ3) is 8.26. The second-order valence-electron chi connectivity index (χ2n) is 4.13. The molecule has 13 heavy (non-hydrogen) atoms. The van der Waals surface area contributed by atoms with Gasteiger partial charge in [0, 0.05) is 0 Å². The van der Waals surface area contributed by atoms with Gasteiger partial charge >= 0.3 is 0 Å². The summed E-state index contributed by atoms with van der Waals surface area (Å²) in [7, 11) is 2.21. The topological polar surface area (TPSA) is 29.3 Å². The third-order valence-electron chi connectivity index (χ3n) is 2.50. The van der Waals surface area contributed by atoms with Gasteiger partial charge in [-0.25, -0.2) is 0 Å². The minimum absolute atomic E-state index is 0.806. The van der Waals surface area contributed by atoms with Crippen molar-refractivity contribution in [3.05, 3.63) is 0 Å². The lowest BCUT2D eigenvalue weighted by Crippen LogP contribution is -2.21. The third-order valence-corrected chi connectivity index (χ3v) is 2.50. The van der Waals surface area contributed by atoms with E-state index < -0.39 is 0 Å². The molecule has 0 aliphatic rings. The monoisotopic (exact) mass is 186 g/mol. The lowest BCUT2D eigenvalue weighted by molar-refractivity contribution is 0.313. The first-order valence-corrected chi connectivity index (χ1v) is 5.59. The van der Waals surface area contributed by atoms with Crippen LogP contribution in [0.3, 0.4) is 0 Å². The molecule has 2 heteroatoms. The van der Waals surface area contributed by atoms with E-state index in [4.69, 9.17) is 5.73 Å². The average molecular weight is 186 g/mol. The highest BCUT2D eigenvalue weighted by atomic mass is 15.1. The molecule has 0 amide bonds. The molecule has 0 aromatic carbocycles. The number of hydrogen-bond acceptors (Lipinski definition) is 2. The highest BCUT2D eigenvalue weighted by Gasteiger charge is 2.01. The molecule has 0 radical (unpaired) electrons. The van der Waals surface area contributed by atoms with Crippen molar-refractivity contribution in [2.75, 3.05) is 26.7 Å². The van der Waals surface area contributed by atoms with E-state index in [9.17, 15) is 0 Å². The summed E-state index contributed by atoms with van der Waals surface area (Å²) in [4.78, 5) is 2.41. The van der Waals surface area contributed by atoms with E-state index >= 15 is 0 Å².